The van der Waals surface area contributed by atoms with Crippen molar-refractivity contribution in [2.45, 2.75) is 0 Å². The highest BCUT2D eigenvalue weighted by Crippen LogP contribution is 2.31. The summed E-state index contributed by atoms with van der Waals surface area (Å²) in [5.74, 6) is -0.425. The lowest BCUT2D eigenvalue weighted by atomic mass is 10.0. The quantitative estimate of drug-likeness (QED) is 0.764. The minimum Gasteiger partial charge on any atom is -0.396 e. The summed E-state index contributed by atoms with van der Waals surface area (Å²) in [4.78, 5) is 0. The molecule has 0 aliphatic heterocycles. The van der Waals surface area contributed by atoms with E-state index in [-0.39, 0.29) is 18.1 Å². The molecule has 2 rings (SSSR count). The highest BCUT2D eigenvalue weighted by Gasteiger charge is 2.09. The molecule has 0 unspecified atom stereocenters. The number of nitrogens with two attached hydrogens (primary N) is 1. The van der Waals surface area contributed by atoms with E-state index in [0.29, 0.717) is 16.1 Å². The van der Waals surface area contributed by atoms with Gasteiger partial charge in [-0.2, -0.15) is 0 Å². The van der Waals surface area contributed by atoms with Gasteiger partial charge >= 0.3 is 0 Å². The van der Waals surface area contributed by atoms with Crippen molar-refractivity contribution in [2.75, 3.05) is 5.73 Å². The van der Waals surface area contributed by atoms with Gasteiger partial charge in [0.15, 0.2) is 5.82 Å². The van der Waals surface area contributed by atoms with E-state index in [2.05, 4.69) is 0 Å². The number of rotatable bonds is 1. The summed E-state index contributed by atoms with van der Waals surface area (Å²) in [6.07, 6.45) is 0. The van der Waals surface area contributed by atoms with Gasteiger partial charge in [0.1, 0.15) is 0 Å². The molecule has 0 spiro atoms. The van der Waals surface area contributed by atoms with E-state index in [4.69, 9.17) is 17.3 Å². The fourth-order valence-electron chi connectivity index (χ4n) is 1.44. The van der Waals surface area contributed by atoms with Gasteiger partial charge in [0.05, 0.1) is 5.69 Å². The Morgan fingerprint density at radius 1 is 0.938 bits per heavy atom. The van der Waals surface area contributed by atoms with E-state index in [9.17, 15) is 4.39 Å². The highest BCUT2D eigenvalue weighted by molar-refractivity contribution is 6.33. The van der Waals surface area contributed by atoms with Gasteiger partial charge in [-0.05, 0) is 12.1 Å². The molecule has 0 saturated carbocycles. The predicted octanol–water partition coefficient (Wildman–Crippen LogP) is 4.15. The molecular formula is C12H10Cl2FN. The summed E-state index contributed by atoms with van der Waals surface area (Å²) in [7, 11) is 0. The van der Waals surface area contributed by atoms with Crippen LogP contribution >= 0.6 is 24.0 Å². The number of hydrogen-bond donors (Lipinski definition) is 1. The molecule has 0 saturated heterocycles. The third kappa shape index (κ3) is 2.29. The van der Waals surface area contributed by atoms with Crippen LogP contribution in [0.2, 0.25) is 5.02 Å². The van der Waals surface area contributed by atoms with Gasteiger partial charge < -0.3 is 5.73 Å². The molecule has 4 heteroatoms. The molecule has 0 aliphatic carbocycles. The van der Waals surface area contributed by atoms with Crippen LogP contribution in [0.4, 0.5) is 10.1 Å². The van der Waals surface area contributed by atoms with Gasteiger partial charge in [-0.3, -0.25) is 0 Å². The Morgan fingerprint density at radius 3 is 2.25 bits per heavy atom. The largest absolute Gasteiger partial charge is 0.396 e. The molecular weight excluding hydrogens is 248 g/mol. The van der Waals surface area contributed by atoms with Crippen molar-refractivity contribution in [1.82, 2.24) is 0 Å². The van der Waals surface area contributed by atoms with Gasteiger partial charge in [0.25, 0.3) is 0 Å². The second-order valence-electron chi connectivity index (χ2n) is 3.19. The first-order chi connectivity index (χ1) is 7.20. The van der Waals surface area contributed by atoms with Gasteiger partial charge in [-0.25, -0.2) is 4.39 Å². The molecule has 2 aromatic rings. The molecule has 2 aromatic carbocycles. The summed E-state index contributed by atoms with van der Waals surface area (Å²) in [5.41, 5.74) is 6.71. The SMILES string of the molecule is Cl.Nc1cccc(-c2ccccc2Cl)c1F. The first-order valence-electron chi connectivity index (χ1n) is 4.49. The molecule has 0 amide bonds. The van der Waals surface area contributed by atoms with Crippen LogP contribution in [0.15, 0.2) is 42.5 Å². The van der Waals surface area contributed by atoms with Crippen LogP contribution in [0, 0.1) is 5.82 Å². The van der Waals surface area contributed by atoms with Gasteiger partial charge in [-0.1, -0.05) is 41.9 Å². The molecule has 16 heavy (non-hydrogen) atoms. The second-order valence-corrected chi connectivity index (χ2v) is 3.60. The van der Waals surface area contributed by atoms with Crippen molar-refractivity contribution >= 4 is 29.7 Å². The fraction of sp³-hybridized carbons (Fsp3) is 0. The monoisotopic (exact) mass is 257 g/mol. The zero-order valence-corrected chi connectivity index (χ0v) is 9.86. The number of anilines is 1. The zero-order chi connectivity index (χ0) is 10.8. The van der Waals surface area contributed by atoms with Gasteiger partial charge in [0.2, 0.25) is 0 Å². The third-order valence-electron chi connectivity index (χ3n) is 2.19. The van der Waals surface area contributed by atoms with E-state index < -0.39 is 5.82 Å². The lowest BCUT2D eigenvalue weighted by molar-refractivity contribution is 0.636. The number of halogens is 3. The van der Waals surface area contributed by atoms with Gasteiger partial charge in [0, 0.05) is 16.1 Å². The van der Waals surface area contributed by atoms with Crippen LogP contribution in [0.5, 0.6) is 0 Å². The maximum atomic E-state index is 13.7. The van der Waals surface area contributed by atoms with Crippen molar-refractivity contribution in [3.63, 3.8) is 0 Å². The van der Waals surface area contributed by atoms with Crippen LogP contribution in [0.25, 0.3) is 11.1 Å². The van der Waals surface area contributed by atoms with E-state index in [1.165, 1.54) is 6.07 Å². The molecule has 0 fully saturated rings. The molecule has 84 valence electrons. The summed E-state index contributed by atoms with van der Waals surface area (Å²) in [6, 6.07) is 12.0. The molecule has 1 nitrogen and oxygen atoms in total. The third-order valence-corrected chi connectivity index (χ3v) is 2.52. The normalized spacial score (nSPS) is 9.62. The minimum absolute atomic E-state index is 0. The van der Waals surface area contributed by atoms with E-state index in [0.717, 1.165) is 0 Å². The first-order valence-corrected chi connectivity index (χ1v) is 4.87. The predicted molar refractivity (Wildman–Crippen MR) is 68.5 cm³/mol. The molecule has 0 aliphatic rings. The lowest BCUT2D eigenvalue weighted by Gasteiger charge is -2.06. The van der Waals surface area contributed by atoms with Crippen LogP contribution in [0.1, 0.15) is 0 Å². The smallest absolute Gasteiger partial charge is 0.153 e. The van der Waals surface area contributed by atoms with E-state index >= 15 is 0 Å². The summed E-state index contributed by atoms with van der Waals surface area (Å²) in [5, 5.41) is 0.516. The van der Waals surface area contributed by atoms with Crippen LogP contribution in [0.3, 0.4) is 0 Å². The Balaban J connectivity index is 0.00000128. The molecule has 0 atom stereocenters. The van der Waals surface area contributed by atoms with Crippen molar-refractivity contribution in [2.24, 2.45) is 0 Å². The Labute approximate surface area is 104 Å². The zero-order valence-electron chi connectivity index (χ0n) is 8.28. The Kier molecular flexibility index (Phi) is 4.16. The van der Waals surface area contributed by atoms with Crippen molar-refractivity contribution in [3.8, 4) is 11.1 Å². The highest BCUT2D eigenvalue weighted by atomic mass is 35.5. The molecule has 0 radical (unpaired) electrons. The average Bonchev–Trinajstić information content (AvgIpc) is 2.23. The Hall–Kier alpha value is -1.25. The molecule has 0 bridgehead atoms. The molecule has 2 N–H and O–H groups in total. The maximum Gasteiger partial charge on any atom is 0.153 e. The maximum absolute atomic E-state index is 13.7. The van der Waals surface area contributed by atoms with Crippen molar-refractivity contribution < 1.29 is 4.39 Å². The fourth-order valence-corrected chi connectivity index (χ4v) is 1.68. The average molecular weight is 258 g/mol. The first kappa shape index (κ1) is 12.8. The second kappa shape index (κ2) is 5.19. The number of benzene rings is 2. The summed E-state index contributed by atoms with van der Waals surface area (Å²) < 4.78 is 13.7. The number of nitrogen functional groups attached to an aromatic ring is 1. The standard InChI is InChI=1S/C12H9ClFN.ClH/c13-10-6-2-1-4-8(10)9-5-3-7-11(15)12(9)14;/h1-7H,15H2;1H. The van der Waals surface area contributed by atoms with Crippen LogP contribution in [-0.4, -0.2) is 0 Å². The lowest BCUT2D eigenvalue weighted by Crippen LogP contribution is -1.93. The van der Waals surface area contributed by atoms with Crippen LogP contribution in [-0.2, 0) is 0 Å². The minimum atomic E-state index is -0.425. The number of hydrogen-bond acceptors (Lipinski definition) is 1. The van der Waals surface area contributed by atoms with Crippen molar-refractivity contribution in [3.05, 3.63) is 53.3 Å². The summed E-state index contributed by atoms with van der Waals surface area (Å²) >= 11 is 5.98. The van der Waals surface area contributed by atoms with Crippen LogP contribution < -0.4 is 5.73 Å². The van der Waals surface area contributed by atoms with E-state index in [1.807, 2.05) is 6.07 Å². The van der Waals surface area contributed by atoms with Gasteiger partial charge in [-0.15, -0.1) is 12.4 Å². The Morgan fingerprint density at radius 2 is 1.56 bits per heavy atom. The molecule has 0 heterocycles. The van der Waals surface area contributed by atoms with E-state index in [1.54, 1.807) is 30.3 Å². The topological polar surface area (TPSA) is 26.0 Å². The van der Waals surface area contributed by atoms with Crippen molar-refractivity contribution in [1.29, 1.82) is 0 Å². The Bertz CT molecular complexity index is 500. The summed E-state index contributed by atoms with van der Waals surface area (Å²) in [6.45, 7) is 0. The molecule has 0 aromatic heterocycles.